The van der Waals surface area contributed by atoms with Gasteiger partial charge in [0.15, 0.2) is 0 Å². The quantitative estimate of drug-likeness (QED) is 0.672. The van der Waals surface area contributed by atoms with Crippen LogP contribution in [0.15, 0.2) is 48.5 Å². The molecule has 2 aromatic rings. The number of fused-ring (bicyclic) bond motifs is 3. The number of alkyl halides is 3. The summed E-state index contributed by atoms with van der Waals surface area (Å²) in [4.78, 5) is 15.2. The molecule has 0 aromatic heterocycles. The molecule has 2 aromatic carbocycles. The van der Waals surface area contributed by atoms with Crippen molar-refractivity contribution in [2.45, 2.75) is 25.1 Å². The van der Waals surface area contributed by atoms with E-state index in [4.69, 9.17) is 9.47 Å². The molecule has 0 N–H and O–H groups in total. The zero-order chi connectivity index (χ0) is 21.6. The molecule has 3 aliphatic rings. The number of nitrogens with zero attached hydrogens (tertiary/aromatic N) is 1. The van der Waals surface area contributed by atoms with Crippen LogP contribution in [0.1, 0.15) is 40.4 Å². The fraction of sp³-hybridized carbons (Fsp3) is 0.458. The van der Waals surface area contributed by atoms with Crippen molar-refractivity contribution < 1.29 is 27.4 Å². The fourth-order valence-electron chi connectivity index (χ4n) is 4.68. The van der Waals surface area contributed by atoms with Crippen LogP contribution in [0, 0.1) is 17.8 Å². The lowest BCUT2D eigenvalue weighted by Gasteiger charge is -2.34. The molecule has 1 aliphatic carbocycles. The van der Waals surface area contributed by atoms with E-state index in [-0.39, 0.29) is 29.3 Å². The Hall–Kier alpha value is -2.54. The Morgan fingerprint density at radius 3 is 2.52 bits per heavy atom. The Morgan fingerprint density at radius 1 is 1.06 bits per heavy atom. The van der Waals surface area contributed by atoms with Gasteiger partial charge < -0.3 is 14.4 Å². The second-order valence-electron chi connectivity index (χ2n) is 8.73. The predicted octanol–water partition coefficient (Wildman–Crippen LogP) is 4.95. The average molecular weight is 431 g/mol. The number of hydrogen-bond acceptors (Lipinski definition) is 3. The van der Waals surface area contributed by atoms with Gasteiger partial charge in [-0.15, -0.1) is 0 Å². The van der Waals surface area contributed by atoms with Crippen molar-refractivity contribution >= 4 is 5.91 Å². The number of benzene rings is 2. The monoisotopic (exact) mass is 431 g/mol. The molecule has 0 radical (unpaired) electrons. The molecule has 1 amide bonds. The first-order valence-corrected chi connectivity index (χ1v) is 10.7. The van der Waals surface area contributed by atoms with Crippen molar-refractivity contribution in [2.75, 3.05) is 26.4 Å². The summed E-state index contributed by atoms with van der Waals surface area (Å²) in [5.74, 6) is 1.37. The van der Waals surface area contributed by atoms with Gasteiger partial charge in [-0.3, -0.25) is 4.79 Å². The minimum atomic E-state index is -4.43. The largest absolute Gasteiger partial charge is 0.493 e. The topological polar surface area (TPSA) is 38.8 Å². The minimum Gasteiger partial charge on any atom is -0.493 e. The van der Waals surface area contributed by atoms with Gasteiger partial charge in [-0.2, -0.15) is 13.2 Å². The molecule has 2 heterocycles. The van der Waals surface area contributed by atoms with Gasteiger partial charge in [0.2, 0.25) is 0 Å². The van der Waals surface area contributed by atoms with E-state index in [1.54, 1.807) is 4.90 Å². The van der Waals surface area contributed by atoms with Crippen molar-refractivity contribution in [1.82, 2.24) is 4.90 Å². The maximum absolute atomic E-state index is 13.4. The number of carbonyl (C=O) groups is 1. The van der Waals surface area contributed by atoms with Crippen LogP contribution in [0.5, 0.6) is 5.75 Å². The van der Waals surface area contributed by atoms with Crippen LogP contribution in [-0.4, -0.2) is 37.2 Å². The molecular weight excluding hydrogens is 407 g/mol. The lowest BCUT2D eigenvalue weighted by atomic mass is 9.85. The zero-order valence-corrected chi connectivity index (χ0v) is 17.0. The highest BCUT2D eigenvalue weighted by molar-refractivity contribution is 5.95. The third kappa shape index (κ3) is 4.03. The van der Waals surface area contributed by atoms with E-state index in [9.17, 15) is 18.0 Å². The summed E-state index contributed by atoms with van der Waals surface area (Å²) in [7, 11) is 0. The van der Waals surface area contributed by atoms with Gasteiger partial charge in [0.1, 0.15) is 5.75 Å². The summed E-state index contributed by atoms with van der Waals surface area (Å²) < 4.78 is 50.7. The summed E-state index contributed by atoms with van der Waals surface area (Å²) in [5.41, 5.74) is 0.449. The van der Waals surface area contributed by atoms with Crippen molar-refractivity contribution in [3.8, 4) is 5.75 Å². The second kappa shape index (κ2) is 7.86. The average Bonchev–Trinajstić information content (AvgIpc) is 3.52. The van der Waals surface area contributed by atoms with Crippen LogP contribution in [-0.2, 0) is 10.9 Å². The Morgan fingerprint density at radius 2 is 1.81 bits per heavy atom. The SMILES string of the molecule is O=C(c1ccc(C(F)(F)F)cc1)N1C[C@@H](COCC2CC2)[C@@H]2COc3ccccc3[C@@H]21. The molecule has 31 heavy (non-hydrogen) atoms. The van der Waals surface area contributed by atoms with Crippen LogP contribution in [0.25, 0.3) is 0 Å². The maximum Gasteiger partial charge on any atom is 0.416 e. The number of amides is 1. The number of rotatable bonds is 5. The first kappa shape index (κ1) is 20.4. The van der Waals surface area contributed by atoms with Gasteiger partial charge in [-0.25, -0.2) is 0 Å². The Labute approximate surface area is 178 Å². The van der Waals surface area contributed by atoms with Crippen molar-refractivity contribution in [2.24, 2.45) is 17.8 Å². The zero-order valence-electron chi connectivity index (χ0n) is 17.0. The van der Waals surface area contributed by atoms with Crippen LogP contribution < -0.4 is 4.74 Å². The van der Waals surface area contributed by atoms with Crippen molar-refractivity contribution in [1.29, 1.82) is 0 Å². The first-order valence-electron chi connectivity index (χ1n) is 10.7. The van der Waals surface area contributed by atoms with E-state index in [1.807, 2.05) is 24.3 Å². The summed E-state index contributed by atoms with van der Waals surface area (Å²) in [6, 6.07) is 12.0. The molecule has 0 bridgehead atoms. The number of halogens is 3. The number of likely N-dealkylation sites (tertiary alicyclic amines) is 1. The van der Waals surface area contributed by atoms with E-state index in [1.165, 1.54) is 25.0 Å². The van der Waals surface area contributed by atoms with Crippen LogP contribution in [0.2, 0.25) is 0 Å². The summed E-state index contributed by atoms with van der Waals surface area (Å²) in [5, 5.41) is 0. The van der Waals surface area contributed by atoms with E-state index < -0.39 is 11.7 Å². The Kier molecular flexibility index (Phi) is 5.16. The van der Waals surface area contributed by atoms with Crippen LogP contribution in [0.3, 0.4) is 0 Å². The lowest BCUT2D eigenvalue weighted by Crippen LogP contribution is -2.35. The van der Waals surface area contributed by atoms with E-state index in [0.29, 0.717) is 25.7 Å². The third-order valence-corrected chi connectivity index (χ3v) is 6.55. The fourth-order valence-corrected chi connectivity index (χ4v) is 4.68. The second-order valence-corrected chi connectivity index (χ2v) is 8.73. The molecule has 0 unspecified atom stereocenters. The van der Waals surface area contributed by atoms with Gasteiger partial charge >= 0.3 is 6.18 Å². The molecule has 3 atom stereocenters. The molecule has 4 nitrogen and oxygen atoms in total. The molecule has 164 valence electrons. The molecule has 7 heteroatoms. The van der Waals surface area contributed by atoms with Gasteiger partial charge in [0.25, 0.3) is 5.91 Å². The molecule has 1 saturated heterocycles. The predicted molar refractivity (Wildman–Crippen MR) is 108 cm³/mol. The smallest absolute Gasteiger partial charge is 0.416 e. The normalized spacial score (nSPS) is 25.0. The maximum atomic E-state index is 13.4. The molecule has 2 fully saturated rings. The van der Waals surface area contributed by atoms with Gasteiger partial charge in [0.05, 0.1) is 24.8 Å². The number of hydrogen-bond donors (Lipinski definition) is 0. The van der Waals surface area contributed by atoms with Gasteiger partial charge in [-0.1, -0.05) is 18.2 Å². The number of para-hydroxylation sites is 1. The molecule has 1 saturated carbocycles. The van der Waals surface area contributed by atoms with E-state index in [2.05, 4.69) is 0 Å². The summed E-state index contributed by atoms with van der Waals surface area (Å²) >= 11 is 0. The van der Waals surface area contributed by atoms with Crippen LogP contribution >= 0.6 is 0 Å². The molecule has 5 rings (SSSR count). The summed E-state index contributed by atoms with van der Waals surface area (Å²) in [6.07, 6.45) is -2.00. The van der Waals surface area contributed by atoms with Crippen molar-refractivity contribution in [3.05, 3.63) is 65.2 Å². The number of carbonyl (C=O) groups excluding carboxylic acids is 1. The highest BCUT2D eigenvalue weighted by atomic mass is 19.4. The van der Waals surface area contributed by atoms with Gasteiger partial charge in [-0.05, 0) is 49.1 Å². The highest BCUT2D eigenvalue weighted by Gasteiger charge is 2.48. The molecule has 0 spiro atoms. The first-order chi connectivity index (χ1) is 14.9. The highest BCUT2D eigenvalue weighted by Crippen LogP contribution is 2.48. The Balaban J connectivity index is 1.41. The van der Waals surface area contributed by atoms with E-state index >= 15 is 0 Å². The molecular formula is C24H24F3NO3. The van der Waals surface area contributed by atoms with Crippen LogP contribution in [0.4, 0.5) is 13.2 Å². The van der Waals surface area contributed by atoms with Gasteiger partial charge in [0, 0.05) is 36.1 Å². The minimum absolute atomic E-state index is 0.0903. The third-order valence-electron chi connectivity index (χ3n) is 6.55. The van der Waals surface area contributed by atoms with E-state index in [0.717, 1.165) is 30.1 Å². The molecule has 2 aliphatic heterocycles. The number of ether oxygens (including phenoxy) is 2. The van der Waals surface area contributed by atoms with Crippen molar-refractivity contribution in [3.63, 3.8) is 0 Å². The summed E-state index contributed by atoms with van der Waals surface area (Å²) in [6.45, 7) is 2.30. The lowest BCUT2D eigenvalue weighted by molar-refractivity contribution is -0.137. The standard InChI is InChI=1S/C24H24F3NO3/c25-24(26,27)18-9-7-16(8-10-18)23(29)28-11-17(13-30-12-15-5-6-15)20-14-31-21-4-2-1-3-19(21)22(20)28/h1-4,7-10,15,17,20,22H,5-6,11-14H2/t17-,20-,22-/m0/s1. The Bertz CT molecular complexity index is 955.